The zero-order valence-electron chi connectivity index (χ0n) is 22.4. The fourth-order valence-electron chi connectivity index (χ4n) is 4.99. The molecule has 0 aliphatic heterocycles. The summed E-state index contributed by atoms with van der Waals surface area (Å²) in [5.74, 6) is 2.81. The summed E-state index contributed by atoms with van der Waals surface area (Å²) >= 11 is 0. The predicted octanol–water partition coefficient (Wildman–Crippen LogP) is 6.37. The molecule has 7 nitrogen and oxygen atoms in total. The van der Waals surface area contributed by atoms with Gasteiger partial charge in [0.05, 0.1) is 52.7 Å². The highest BCUT2D eigenvalue weighted by molar-refractivity contribution is 5.78. The number of nitrogens with zero attached hydrogens (tertiary/aromatic N) is 4. The van der Waals surface area contributed by atoms with Gasteiger partial charge >= 0.3 is 0 Å². The molecule has 188 valence electrons. The average molecular weight is 492 g/mol. The number of rotatable bonds is 6. The maximum absolute atomic E-state index is 4.91. The van der Waals surface area contributed by atoms with E-state index in [0.29, 0.717) is 19.6 Å². The summed E-state index contributed by atoms with van der Waals surface area (Å²) in [4.78, 5) is 27.7. The minimum atomic E-state index is 0.650. The molecule has 3 aromatic heterocycles. The smallest absolute Gasteiger partial charge is 0.121 e. The first-order chi connectivity index (χ1) is 17.7. The van der Waals surface area contributed by atoms with Gasteiger partial charge in [-0.15, -0.1) is 0 Å². The van der Waals surface area contributed by atoms with E-state index in [1.165, 1.54) is 33.4 Å². The molecule has 0 atom stereocenters. The Labute approximate surface area is 216 Å². The quantitative estimate of drug-likeness (QED) is 0.253. The third-order valence-electron chi connectivity index (χ3n) is 7.56. The second-order valence-corrected chi connectivity index (χ2v) is 10.6. The van der Waals surface area contributed by atoms with Gasteiger partial charge in [0, 0.05) is 0 Å². The van der Waals surface area contributed by atoms with Gasteiger partial charge in [0.1, 0.15) is 17.5 Å². The molecule has 0 unspecified atom stereocenters. The van der Waals surface area contributed by atoms with Crippen LogP contribution in [0.1, 0.15) is 50.9 Å². The van der Waals surface area contributed by atoms with Crippen molar-refractivity contribution in [3.8, 4) is 0 Å². The molecule has 0 radical (unpaired) electrons. The van der Waals surface area contributed by atoms with Crippen LogP contribution in [-0.4, -0.2) is 34.8 Å². The second kappa shape index (κ2) is 8.85. The molecule has 0 aliphatic carbocycles. The summed E-state index contributed by atoms with van der Waals surface area (Å²) in [6.07, 6.45) is 0. The number of aromatic nitrogens is 6. The molecular weight excluding hydrogens is 458 g/mol. The van der Waals surface area contributed by atoms with E-state index < -0.39 is 0 Å². The summed E-state index contributed by atoms with van der Waals surface area (Å²) in [7, 11) is 0. The van der Waals surface area contributed by atoms with Gasteiger partial charge in [0.25, 0.3) is 0 Å². The molecule has 3 aromatic carbocycles. The number of hydrogen-bond donors (Lipinski definition) is 3. The van der Waals surface area contributed by atoms with Crippen molar-refractivity contribution >= 4 is 33.1 Å². The third-order valence-corrected chi connectivity index (χ3v) is 7.56. The van der Waals surface area contributed by atoms with Crippen molar-refractivity contribution in [2.24, 2.45) is 0 Å². The molecule has 0 aliphatic rings. The topological polar surface area (TPSA) is 89.3 Å². The number of aromatic amines is 3. The lowest BCUT2D eigenvalue weighted by molar-refractivity contribution is 0.232. The van der Waals surface area contributed by atoms with Crippen molar-refractivity contribution in [2.75, 3.05) is 0 Å². The Morgan fingerprint density at radius 3 is 1.03 bits per heavy atom. The van der Waals surface area contributed by atoms with E-state index in [1.807, 2.05) is 0 Å². The van der Waals surface area contributed by atoms with Gasteiger partial charge in [-0.1, -0.05) is 0 Å². The molecule has 6 aromatic rings. The SMILES string of the molecule is Cc1cc2nc(CN(Cc3nc4cc(C)c(C)cc4[nH]3)Cc3nc4cc(C)c(C)cc4[nH]3)[nH]c2cc1C. The Kier molecular flexibility index (Phi) is 5.60. The van der Waals surface area contributed by atoms with Crippen molar-refractivity contribution in [2.45, 2.75) is 61.2 Å². The van der Waals surface area contributed by atoms with E-state index in [1.54, 1.807) is 0 Å². The molecule has 3 N–H and O–H groups in total. The lowest BCUT2D eigenvalue weighted by Crippen LogP contribution is -2.24. The van der Waals surface area contributed by atoms with Crippen molar-refractivity contribution in [1.82, 2.24) is 34.8 Å². The Morgan fingerprint density at radius 2 is 0.730 bits per heavy atom. The number of nitrogens with one attached hydrogen (secondary N) is 3. The number of hydrogen-bond acceptors (Lipinski definition) is 4. The van der Waals surface area contributed by atoms with Gasteiger partial charge in [-0.2, -0.15) is 0 Å². The Balaban J connectivity index is 1.34. The van der Waals surface area contributed by atoms with Crippen molar-refractivity contribution in [1.29, 1.82) is 0 Å². The number of benzene rings is 3. The van der Waals surface area contributed by atoms with Gasteiger partial charge in [-0.3, -0.25) is 4.90 Å². The largest absolute Gasteiger partial charge is 0.341 e. The first kappa shape index (κ1) is 23.4. The van der Waals surface area contributed by atoms with Crippen molar-refractivity contribution in [3.63, 3.8) is 0 Å². The fourth-order valence-corrected chi connectivity index (χ4v) is 4.99. The van der Waals surface area contributed by atoms with Gasteiger partial charge in [0.15, 0.2) is 0 Å². The third kappa shape index (κ3) is 4.51. The number of H-pyrrole nitrogens is 3. The minimum absolute atomic E-state index is 0.650. The summed E-state index contributed by atoms with van der Waals surface area (Å²) in [5, 5.41) is 0. The second-order valence-electron chi connectivity index (χ2n) is 10.6. The molecule has 0 fully saturated rings. The summed E-state index contributed by atoms with van der Waals surface area (Å²) in [6.45, 7) is 14.8. The first-order valence-corrected chi connectivity index (χ1v) is 12.8. The van der Waals surface area contributed by atoms with Crippen LogP contribution in [0.2, 0.25) is 0 Å². The van der Waals surface area contributed by atoms with Crippen LogP contribution in [0, 0.1) is 41.5 Å². The lowest BCUT2D eigenvalue weighted by Gasteiger charge is -2.18. The standard InChI is InChI=1S/C30H33N7/c1-16-7-22-23(8-17(16)2)32-28(31-22)13-37(14-29-33-24-9-18(3)19(4)10-25(24)34-29)15-30-35-26-11-20(5)21(6)12-27(26)36-30/h7-12H,13-15H2,1-6H3,(H,31,32)(H,33,34)(H,35,36). The van der Waals surface area contributed by atoms with Gasteiger partial charge in [-0.25, -0.2) is 15.0 Å². The van der Waals surface area contributed by atoms with E-state index in [4.69, 9.17) is 15.0 Å². The van der Waals surface area contributed by atoms with Crippen LogP contribution >= 0.6 is 0 Å². The maximum Gasteiger partial charge on any atom is 0.121 e. The molecule has 37 heavy (non-hydrogen) atoms. The molecule has 0 saturated heterocycles. The van der Waals surface area contributed by atoms with Crippen LogP contribution in [0.4, 0.5) is 0 Å². The summed E-state index contributed by atoms with van der Waals surface area (Å²) in [6, 6.07) is 13.0. The monoisotopic (exact) mass is 491 g/mol. The highest BCUT2D eigenvalue weighted by Gasteiger charge is 2.17. The fraction of sp³-hybridized carbons (Fsp3) is 0.300. The summed E-state index contributed by atoms with van der Waals surface area (Å²) in [5.41, 5.74) is 13.8. The Morgan fingerprint density at radius 1 is 0.459 bits per heavy atom. The van der Waals surface area contributed by atoms with Crippen LogP contribution < -0.4 is 0 Å². The number of aryl methyl sites for hydroxylation is 6. The zero-order chi connectivity index (χ0) is 25.8. The minimum Gasteiger partial charge on any atom is -0.341 e. The van der Waals surface area contributed by atoms with Crippen LogP contribution in [0.25, 0.3) is 33.1 Å². The molecular formula is C30H33N7. The van der Waals surface area contributed by atoms with Crippen LogP contribution in [0.3, 0.4) is 0 Å². The first-order valence-electron chi connectivity index (χ1n) is 12.8. The normalized spacial score (nSPS) is 12.1. The zero-order valence-corrected chi connectivity index (χ0v) is 22.4. The predicted molar refractivity (Wildman–Crippen MR) is 150 cm³/mol. The molecule has 0 spiro atoms. The van der Waals surface area contributed by atoms with E-state index in [2.05, 4.69) is 97.8 Å². The molecule has 0 bridgehead atoms. The number of fused-ring (bicyclic) bond motifs is 3. The van der Waals surface area contributed by atoms with E-state index >= 15 is 0 Å². The Bertz CT molecular complexity index is 1460. The van der Waals surface area contributed by atoms with E-state index in [9.17, 15) is 0 Å². The maximum atomic E-state index is 4.91. The van der Waals surface area contributed by atoms with Crippen LogP contribution in [-0.2, 0) is 19.6 Å². The summed E-state index contributed by atoms with van der Waals surface area (Å²) < 4.78 is 0. The molecule has 3 heterocycles. The van der Waals surface area contributed by atoms with Crippen molar-refractivity contribution in [3.05, 3.63) is 87.3 Å². The van der Waals surface area contributed by atoms with Gasteiger partial charge in [-0.05, 0) is 111 Å². The highest BCUT2D eigenvalue weighted by Crippen LogP contribution is 2.22. The lowest BCUT2D eigenvalue weighted by atomic mass is 10.1. The number of imidazole rings is 3. The Hall–Kier alpha value is -3.97. The van der Waals surface area contributed by atoms with Crippen LogP contribution in [0.15, 0.2) is 36.4 Å². The van der Waals surface area contributed by atoms with Gasteiger partial charge < -0.3 is 15.0 Å². The molecule has 0 saturated carbocycles. The van der Waals surface area contributed by atoms with E-state index in [0.717, 1.165) is 50.6 Å². The molecule has 7 heteroatoms. The van der Waals surface area contributed by atoms with Crippen molar-refractivity contribution < 1.29 is 0 Å². The van der Waals surface area contributed by atoms with Gasteiger partial charge in [0.2, 0.25) is 0 Å². The molecule has 6 rings (SSSR count). The highest BCUT2D eigenvalue weighted by atomic mass is 15.2. The van der Waals surface area contributed by atoms with Crippen LogP contribution in [0.5, 0.6) is 0 Å². The van der Waals surface area contributed by atoms with E-state index in [-0.39, 0.29) is 0 Å². The average Bonchev–Trinajstić information content (AvgIpc) is 3.51. The molecule has 0 amide bonds.